The van der Waals surface area contributed by atoms with Gasteiger partial charge in [0.2, 0.25) is 5.95 Å². The number of benzene rings is 1. The summed E-state index contributed by atoms with van der Waals surface area (Å²) in [5, 5.41) is 12.2. The Morgan fingerprint density at radius 1 is 1.25 bits per heavy atom. The van der Waals surface area contributed by atoms with Gasteiger partial charge >= 0.3 is 0 Å². The van der Waals surface area contributed by atoms with Gasteiger partial charge < -0.3 is 5.32 Å². The van der Waals surface area contributed by atoms with Crippen molar-refractivity contribution in [3.8, 4) is 6.07 Å². The molecule has 1 aromatic carbocycles. The molecule has 0 aliphatic carbocycles. The molecule has 2 rings (SSSR count). The van der Waals surface area contributed by atoms with Crippen LogP contribution in [-0.4, -0.2) is 16.0 Å². The molecular weight excluding hydrogens is 248 g/mol. The predicted octanol–water partition coefficient (Wildman–Crippen LogP) is 3.09. The molecule has 4 heteroatoms. The van der Waals surface area contributed by atoms with Gasteiger partial charge in [-0.1, -0.05) is 30.3 Å². The van der Waals surface area contributed by atoms with Gasteiger partial charge in [-0.25, -0.2) is 9.97 Å². The fourth-order valence-electron chi connectivity index (χ4n) is 2.01. The van der Waals surface area contributed by atoms with E-state index in [1.165, 1.54) is 5.56 Å². The molecule has 1 atom stereocenters. The largest absolute Gasteiger partial charge is 0.352 e. The van der Waals surface area contributed by atoms with Crippen LogP contribution in [0.5, 0.6) is 0 Å². The molecule has 0 bridgehead atoms. The molecule has 0 saturated heterocycles. The van der Waals surface area contributed by atoms with Gasteiger partial charge in [0, 0.05) is 11.7 Å². The van der Waals surface area contributed by atoms with Gasteiger partial charge in [-0.05, 0) is 38.3 Å². The van der Waals surface area contributed by atoms with Crippen molar-refractivity contribution in [1.29, 1.82) is 5.26 Å². The lowest BCUT2D eigenvalue weighted by molar-refractivity contribution is 0.698. The third-order valence-electron chi connectivity index (χ3n) is 3.05. The average Bonchev–Trinajstić information content (AvgIpc) is 2.45. The molecule has 0 spiro atoms. The maximum absolute atomic E-state index is 8.90. The predicted molar refractivity (Wildman–Crippen MR) is 79.3 cm³/mol. The molecule has 1 heterocycles. The number of rotatable bonds is 5. The number of anilines is 1. The normalized spacial score (nSPS) is 11.7. The maximum atomic E-state index is 8.90. The van der Waals surface area contributed by atoms with E-state index in [0.717, 1.165) is 18.5 Å². The van der Waals surface area contributed by atoms with E-state index in [-0.39, 0.29) is 6.04 Å². The number of aromatic nitrogens is 2. The number of nitrogens with one attached hydrogen (secondary N) is 1. The van der Waals surface area contributed by atoms with Crippen LogP contribution in [0.1, 0.15) is 30.3 Å². The van der Waals surface area contributed by atoms with Crippen LogP contribution < -0.4 is 5.32 Å². The maximum Gasteiger partial charge on any atom is 0.224 e. The van der Waals surface area contributed by atoms with Crippen LogP contribution >= 0.6 is 0 Å². The molecule has 102 valence electrons. The molecule has 4 nitrogen and oxygen atoms in total. The van der Waals surface area contributed by atoms with Crippen LogP contribution in [0.2, 0.25) is 0 Å². The Morgan fingerprint density at radius 3 is 2.70 bits per heavy atom. The third kappa shape index (κ3) is 4.06. The number of hydrogen-bond donors (Lipinski definition) is 1. The summed E-state index contributed by atoms with van der Waals surface area (Å²) in [6, 6.07) is 14.4. The van der Waals surface area contributed by atoms with Crippen molar-refractivity contribution in [3.05, 3.63) is 53.3 Å². The zero-order valence-corrected chi connectivity index (χ0v) is 11.8. The summed E-state index contributed by atoms with van der Waals surface area (Å²) in [4.78, 5) is 8.47. The number of nitriles is 1. The zero-order chi connectivity index (χ0) is 14.4. The summed E-state index contributed by atoms with van der Waals surface area (Å²) < 4.78 is 0. The monoisotopic (exact) mass is 266 g/mol. The highest BCUT2D eigenvalue weighted by atomic mass is 15.1. The van der Waals surface area contributed by atoms with E-state index < -0.39 is 0 Å². The Kier molecular flexibility index (Phi) is 4.67. The molecule has 2 aromatic rings. The Bertz CT molecular complexity index is 602. The van der Waals surface area contributed by atoms with Gasteiger partial charge in [0.15, 0.2) is 0 Å². The second-order valence-corrected chi connectivity index (χ2v) is 4.90. The molecule has 0 amide bonds. The summed E-state index contributed by atoms with van der Waals surface area (Å²) in [5.74, 6) is 0.530. The highest BCUT2D eigenvalue weighted by Gasteiger charge is 2.06. The first kappa shape index (κ1) is 14.0. The second kappa shape index (κ2) is 6.67. The fraction of sp³-hybridized carbons (Fsp3) is 0.312. The summed E-state index contributed by atoms with van der Waals surface area (Å²) >= 11 is 0. The minimum absolute atomic E-state index is 0.253. The molecule has 1 aromatic heterocycles. The lowest BCUT2D eigenvalue weighted by Gasteiger charge is -2.14. The van der Waals surface area contributed by atoms with E-state index in [4.69, 9.17) is 5.26 Å². The molecule has 0 aliphatic heterocycles. The van der Waals surface area contributed by atoms with Crippen molar-refractivity contribution in [2.45, 2.75) is 32.7 Å². The van der Waals surface area contributed by atoms with Crippen LogP contribution in [-0.2, 0) is 6.42 Å². The minimum Gasteiger partial charge on any atom is -0.352 e. The Labute approximate surface area is 119 Å². The zero-order valence-electron chi connectivity index (χ0n) is 11.8. The molecule has 0 radical (unpaired) electrons. The molecule has 0 saturated carbocycles. The first-order chi connectivity index (χ1) is 9.67. The van der Waals surface area contributed by atoms with Gasteiger partial charge in [0.25, 0.3) is 0 Å². The SMILES string of the molecule is Cc1cc(C#N)nc(NC(C)CCc2ccccc2)n1. The van der Waals surface area contributed by atoms with Crippen LogP contribution in [0.25, 0.3) is 0 Å². The van der Waals surface area contributed by atoms with Crippen LogP contribution in [0.3, 0.4) is 0 Å². The number of aryl methyl sites for hydroxylation is 2. The van der Waals surface area contributed by atoms with Gasteiger partial charge in [0.1, 0.15) is 11.8 Å². The van der Waals surface area contributed by atoms with Crippen LogP contribution in [0, 0.1) is 18.3 Å². The number of hydrogen-bond acceptors (Lipinski definition) is 4. The summed E-state index contributed by atoms with van der Waals surface area (Å²) in [5.41, 5.74) is 2.52. The smallest absolute Gasteiger partial charge is 0.224 e. The molecule has 1 N–H and O–H groups in total. The Morgan fingerprint density at radius 2 is 2.00 bits per heavy atom. The van der Waals surface area contributed by atoms with Gasteiger partial charge in [0.05, 0.1) is 0 Å². The van der Waals surface area contributed by atoms with Crippen molar-refractivity contribution >= 4 is 5.95 Å². The quantitative estimate of drug-likeness (QED) is 0.903. The van der Waals surface area contributed by atoms with Gasteiger partial charge in [-0.3, -0.25) is 0 Å². The first-order valence-electron chi connectivity index (χ1n) is 6.73. The van der Waals surface area contributed by atoms with Crippen molar-refractivity contribution in [2.75, 3.05) is 5.32 Å². The molecule has 1 unspecified atom stereocenters. The van der Waals surface area contributed by atoms with Gasteiger partial charge in [-0.2, -0.15) is 5.26 Å². The van der Waals surface area contributed by atoms with Crippen molar-refractivity contribution in [3.63, 3.8) is 0 Å². The van der Waals surface area contributed by atoms with Crippen LogP contribution in [0.4, 0.5) is 5.95 Å². The minimum atomic E-state index is 0.253. The third-order valence-corrected chi connectivity index (χ3v) is 3.05. The number of nitrogens with zero attached hydrogens (tertiary/aromatic N) is 3. The first-order valence-corrected chi connectivity index (χ1v) is 6.73. The van der Waals surface area contributed by atoms with Crippen molar-refractivity contribution in [2.24, 2.45) is 0 Å². The molecular formula is C16H18N4. The van der Waals surface area contributed by atoms with E-state index in [0.29, 0.717) is 11.6 Å². The summed E-state index contributed by atoms with van der Waals surface area (Å²) in [6.45, 7) is 3.96. The Hall–Kier alpha value is -2.41. The van der Waals surface area contributed by atoms with Crippen molar-refractivity contribution in [1.82, 2.24) is 9.97 Å². The summed E-state index contributed by atoms with van der Waals surface area (Å²) in [6.07, 6.45) is 2.00. The van der Waals surface area contributed by atoms with Gasteiger partial charge in [-0.15, -0.1) is 0 Å². The second-order valence-electron chi connectivity index (χ2n) is 4.90. The molecule has 0 fully saturated rings. The highest BCUT2D eigenvalue weighted by Crippen LogP contribution is 2.10. The van der Waals surface area contributed by atoms with Crippen molar-refractivity contribution < 1.29 is 0 Å². The molecule has 20 heavy (non-hydrogen) atoms. The Balaban J connectivity index is 1.93. The fourth-order valence-corrected chi connectivity index (χ4v) is 2.01. The topological polar surface area (TPSA) is 61.6 Å². The van der Waals surface area contributed by atoms with Crippen LogP contribution in [0.15, 0.2) is 36.4 Å². The molecule has 0 aliphatic rings. The lowest BCUT2D eigenvalue weighted by atomic mass is 10.1. The lowest BCUT2D eigenvalue weighted by Crippen LogP contribution is -2.18. The summed E-state index contributed by atoms with van der Waals surface area (Å²) in [7, 11) is 0. The van der Waals surface area contributed by atoms with E-state index in [1.54, 1.807) is 6.07 Å². The van der Waals surface area contributed by atoms with E-state index in [9.17, 15) is 0 Å². The van der Waals surface area contributed by atoms with E-state index >= 15 is 0 Å². The average molecular weight is 266 g/mol. The highest BCUT2D eigenvalue weighted by molar-refractivity contribution is 5.33. The van der Waals surface area contributed by atoms with E-state index in [1.807, 2.05) is 19.1 Å². The standard InChI is InChI=1S/C16H18N4/c1-12(8-9-14-6-4-3-5-7-14)18-16-19-13(2)10-15(11-17)20-16/h3-7,10,12H,8-9H2,1-2H3,(H,18,19,20). The van der Waals surface area contributed by atoms with E-state index in [2.05, 4.69) is 46.5 Å².